The van der Waals surface area contributed by atoms with Crippen LogP contribution in [0.25, 0.3) is 0 Å². The molecule has 2 heteroatoms. The van der Waals surface area contributed by atoms with E-state index in [4.69, 9.17) is 11.8 Å². The van der Waals surface area contributed by atoms with Crippen LogP contribution >= 0.6 is 11.8 Å². The molecule has 0 aromatic heterocycles. The Morgan fingerprint density at radius 3 is 2.67 bits per heavy atom. The Bertz CT molecular complexity index is 381. The van der Waals surface area contributed by atoms with Crippen LogP contribution in [0.15, 0.2) is 54.3 Å². The molecule has 0 bridgehead atoms. The number of halogens is 1. The van der Waals surface area contributed by atoms with Gasteiger partial charge in [-0.1, -0.05) is 36.4 Å². The van der Waals surface area contributed by atoms with E-state index in [1.807, 2.05) is 18.3 Å². The summed E-state index contributed by atoms with van der Waals surface area (Å²) in [5.41, 5.74) is 2.62. The lowest BCUT2D eigenvalue weighted by Crippen LogP contribution is -2.28. The highest BCUT2D eigenvalue weighted by atomic mass is 35.5. The van der Waals surface area contributed by atoms with Crippen molar-refractivity contribution in [2.45, 2.75) is 19.4 Å². The highest BCUT2D eigenvalue weighted by molar-refractivity contribution is 6.14. The van der Waals surface area contributed by atoms with Crippen molar-refractivity contribution in [1.82, 2.24) is 4.42 Å². The second-order valence-corrected chi connectivity index (χ2v) is 4.19. The fourth-order valence-electron chi connectivity index (χ4n) is 1.77. The van der Waals surface area contributed by atoms with Crippen molar-refractivity contribution in [3.63, 3.8) is 0 Å². The van der Waals surface area contributed by atoms with E-state index in [2.05, 4.69) is 37.3 Å². The molecule has 1 unspecified atom stereocenters. The first-order chi connectivity index (χ1) is 7.27. The minimum absolute atomic E-state index is 0.277. The van der Waals surface area contributed by atoms with Crippen molar-refractivity contribution in [3.8, 4) is 0 Å². The Morgan fingerprint density at radius 2 is 2.00 bits per heavy atom. The molecule has 1 heterocycles. The maximum Gasteiger partial charge on any atom is 0.0703 e. The van der Waals surface area contributed by atoms with Crippen LogP contribution in [0.3, 0.4) is 0 Å². The monoisotopic (exact) mass is 219 g/mol. The minimum atomic E-state index is 0.277. The summed E-state index contributed by atoms with van der Waals surface area (Å²) in [6.07, 6.45) is 6.95. The summed E-state index contributed by atoms with van der Waals surface area (Å²) in [6.45, 7) is 2.12. The smallest absolute Gasteiger partial charge is 0.0703 e. The molecule has 1 atom stereocenters. The molecule has 0 N–H and O–H groups in total. The lowest BCUT2D eigenvalue weighted by Gasteiger charge is -2.27. The molecule has 0 saturated carbocycles. The third-order valence-electron chi connectivity index (χ3n) is 2.68. The van der Waals surface area contributed by atoms with Crippen molar-refractivity contribution < 1.29 is 0 Å². The zero-order valence-corrected chi connectivity index (χ0v) is 9.48. The third kappa shape index (κ3) is 2.42. The van der Waals surface area contributed by atoms with Gasteiger partial charge in [0.15, 0.2) is 0 Å². The fraction of sp³-hybridized carbons (Fsp3) is 0.231. The van der Waals surface area contributed by atoms with Gasteiger partial charge >= 0.3 is 0 Å². The first kappa shape index (κ1) is 10.3. The molecule has 1 aromatic carbocycles. The first-order valence-corrected chi connectivity index (χ1v) is 5.44. The van der Waals surface area contributed by atoms with Crippen LogP contribution in [0.4, 0.5) is 0 Å². The molecule has 0 spiro atoms. The minimum Gasteiger partial charge on any atom is -0.285 e. The van der Waals surface area contributed by atoms with Gasteiger partial charge in [-0.15, -0.1) is 0 Å². The number of allylic oxidation sites excluding steroid dienone is 2. The molecular formula is C13H14ClN. The Morgan fingerprint density at radius 1 is 1.27 bits per heavy atom. The van der Waals surface area contributed by atoms with Crippen molar-refractivity contribution in [3.05, 3.63) is 59.8 Å². The predicted octanol–water partition coefficient (Wildman–Crippen LogP) is 3.53. The van der Waals surface area contributed by atoms with Gasteiger partial charge in [-0.25, -0.2) is 0 Å². The summed E-state index contributed by atoms with van der Waals surface area (Å²) >= 11 is 6.13. The normalized spacial score (nSPS) is 20.3. The second-order valence-electron chi connectivity index (χ2n) is 3.80. The van der Waals surface area contributed by atoms with E-state index >= 15 is 0 Å². The Balaban J connectivity index is 2.12. The molecule has 0 amide bonds. The zero-order chi connectivity index (χ0) is 10.7. The van der Waals surface area contributed by atoms with E-state index in [-0.39, 0.29) is 6.04 Å². The average Bonchev–Trinajstić information content (AvgIpc) is 2.25. The molecule has 1 aromatic rings. The van der Waals surface area contributed by atoms with Crippen molar-refractivity contribution >= 4 is 11.8 Å². The average molecular weight is 220 g/mol. The van der Waals surface area contributed by atoms with Crippen LogP contribution < -0.4 is 0 Å². The van der Waals surface area contributed by atoms with E-state index in [1.54, 1.807) is 4.42 Å². The van der Waals surface area contributed by atoms with E-state index in [0.29, 0.717) is 0 Å². The molecule has 78 valence electrons. The van der Waals surface area contributed by atoms with Gasteiger partial charge in [-0.2, -0.15) is 0 Å². The van der Waals surface area contributed by atoms with Gasteiger partial charge < -0.3 is 0 Å². The van der Waals surface area contributed by atoms with Gasteiger partial charge in [-0.05, 0) is 30.6 Å². The molecule has 1 nitrogen and oxygen atoms in total. The summed E-state index contributed by atoms with van der Waals surface area (Å²) in [6, 6.07) is 10.7. The highest BCUT2D eigenvalue weighted by Crippen LogP contribution is 2.21. The Kier molecular flexibility index (Phi) is 3.12. The van der Waals surface area contributed by atoms with Gasteiger partial charge in [0.1, 0.15) is 0 Å². The Labute approximate surface area is 95.8 Å². The van der Waals surface area contributed by atoms with Crippen molar-refractivity contribution in [1.29, 1.82) is 0 Å². The molecule has 0 saturated heterocycles. The standard InChI is InChI=1S/C13H14ClN/c1-11-6-5-9-15(14)13(11)10-12-7-3-2-4-8-12/h2-9,13H,10H2,1H3. The Hall–Kier alpha value is -1.21. The lowest BCUT2D eigenvalue weighted by atomic mass is 9.98. The van der Waals surface area contributed by atoms with Crippen LogP contribution in [-0.2, 0) is 6.42 Å². The summed E-state index contributed by atoms with van der Waals surface area (Å²) in [5, 5.41) is 0. The van der Waals surface area contributed by atoms with E-state index in [1.165, 1.54) is 11.1 Å². The maximum absolute atomic E-state index is 6.13. The molecule has 0 fully saturated rings. The van der Waals surface area contributed by atoms with Crippen LogP contribution in [0.5, 0.6) is 0 Å². The summed E-state index contributed by atoms with van der Waals surface area (Å²) in [5.74, 6) is 0. The van der Waals surface area contributed by atoms with Crippen molar-refractivity contribution in [2.75, 3.05) is 0 Å². The summed E-state index contributed by atoms with van der Waals surface area (Å²) in [7, 11) is 0. The molecule has 1 aliphatic heterocycles. The van der Waals surface area contributed by atoms with E-state index in [0.717, 1.165) is 6.42 Å². The number of hydrogen-bond donors (Lipinski definition) is 0. The van der Waals surface area contributed by atoms with Crippen LogP contribution in [-0.4, -0.2) is 10.5 Å². The quantitative estimate of drug-likeness (QED) is 0.688. The van der Waals surface area contributed by atoms with Crippen LogP contribution in [0.1, 0.15) is 12.5 Å². The molecule has 15 heavy (non-hydrogen) atoms. The molecule has 0 radical (unpaired) electrons. The third-order valence-corrected chi connectivity index (χ3v) is 3.03. The van der Waals surface area contributed by atoms with Gasteiger partial charge in [-0.3, -0.25) is 4.42 Å². The second kappa shape index (κ2) is 4.54. The number of nitrogens with zero attached hydrogens (tertiary/aromatic N) is 1. The van der Waals surface area contributed by atoms with Gasteiger partial charge in [0, 0.05) is 18.0 Å². The van der Waals surface area contributed by atoms with Crippen LogP contribution in [0, 0.1) is 0 Å². The van der Waals surface area contributed by atoms with E-state index in [9.17, 15) is 0 Å². The van der Waals surface area contributed by atoms with Gasteiger partial charge in [0.05, 0.1) is 6.04 Å². The molecule has 1 aliphatic rings. The number of hydrogen-bond acceptors (Lipinski definition) is 1. The lowest BCUT2D eigenvalue weighted by molar-refractivity contribution is 0.471. The molecular weight excluding hydrogens is 206 g/mol. The summed E-state index contributed by atoms with van der Waals surface area (Å²) < 4.78 is 1.75. The number of rotatable bonds is 2. The number of benzene rings is 1. The highest BCUT2D eigenvalue weighted by Gasteiger charge is 2.18. The van der Waals surface area contributed by atoms with Crippen LogP contribution in [0.2, 0.25) is 0 Å². The fourth-order valence-corrected chi connectivity index (χ4v) is 2.06. The molecule has 2 rings (SSSR count). The molecule has 0 aliphatic carbocycles. The maximum atomic E-state index is 6.13. The topological polar surface area (TPSA) is 3.24 Å². The summed E-state index contributed by atoms with van der Waals surface area (Å²) in [4.78, 5) is 0. The first-order valence-electron chi connectivity index (χ1n) is 5.10. The van der Waals surface area contributed by atoms with Crippen molar-refractivity contribution in [2.24, 2.45) is 0 Å². The van der Waals surface area contributed by atoms with Gasteiger partial charge in [0.25, 0.3) is 0 Å². The predicted molar refractivity (Wildman–Crippen MR) is 64.5 cm³/mol. The SMILES string of the molecule is CC1=CC=CN(Cl)C1Cc1ccccc1. The van der Waals surface area contributed by atoms with Gasteiger partial charge in [0.2, 0.25) is 0 Å². The van der Waals surface area contributed by atoms with E-state index < -0.39 is 0 Å². The zero-order valence-electron chi connectivity index (χ0n) is 8.73. The largest absolute Gasteiger partial charge is 0.285 e.